The van der Waals surface area contributed by atoms with E-state index in [9.17, 15) is 4.79 Å². The average Bonchev–Trinajstić information content (AvgIpc) is 3.07. The summed E-state index contributed by atoms with van der Waals surface area (Å²) in [6.07, 6.45) is 4.67. The minimum atomic E-state index is -0.306. The molecule has 28 heavy (non-hydrogen) atoms. The first kappa shape index (κ1) is 17.9. The van der Waals surface area contributed by atoms with Crippen LogP contribution in [0, 0.1) is 0 Å². The van der Waals surface area contributed by atoms with Gasteiger partial charge in [0.1, 0.15) is 0 Å². The number of rotatable bonds is 5. The molecule has 2 aromatic heterocycles. The zero-order valence-electron chi connectivity index (χ0n) is 14.8. The molecular formula is C21H16ClN5O. The summed E-state index contributed by atoms with van der Waals surface area (Å²) >= 11 is 5.98. The number of aromatic nitrogens is 3. The van der Waals surface area contributed by atoms with Gasteiger partial charge in [0, 0.05) is 29.5 Å². The lowest BCUT2D eigenvalue weighted by atomic mass is 10.2. The van der Waals surface area contributed by atoms with Crippen LogP contribution in [0.1, 0.15) is 21.7 Å². The Hall–Kier alpha value is -3.51. The van der Waals surface area contributed by atoms with E-state index in [2.05, 4.69) is 20.5 Å². The molecule has 6 nitrogen and oxygen atoms in total. The standard InChI is InChI=1S/C21H16ClN5O/c22-17-7-5-15(6-8-17)14-27-19-4-2-1-3-18(19)25-20(27)13-24-26-21(28)16-9-11-23-12-10-16/h1-13H,14H2,(H,26,28)/b24-13-. The van der Waals surface area contributed by atoms with Gasteiger partial charge in [-0.15, -0.1) is 0 Å². The Balaban J connectivity index is 1.61. The Morgan fingerprint density at radius 3 is 2.61 bits per heavy atom. The Morgan fingerprint density at radius 2 is 1.82 bits per heavy atom. The summed E-state index contributed by atoms with van der Waals surface area (Å²) in [6.45, 7) is 0.608. The minimum Gasteiger partial charge on any atom is -0.319 e. The number of nitrogens with one attached hydrogen (secondary N) is 1. The summed E-state index contributed by atoms with van der Waals surface area (Å²) in [4.78, 5) is 20.6. The lowest BCUT2D eigenvalue weighted by Crippen LogP contribution is -2.18. The second kappa shape index (κ2) is 8.02. The maximum absolute atomic E-state index is 12.1. The number of nitrogens with zero attached hydrogens (tertiary/aromatic N) is 4. The fraction of sp³-hybridized carbons (Fsp3) is 0.0476. The lowest BCUT2D eigenvalue weighted by Gasteiger charge is -2.07. The molecule has 138 valence electrons. The van der Waals surface area contributed by atoms with Crippen LogP contribution in [0.15, 0.2) is 78.2 Å². The van der Waals surface area contributed by atoms with Gasteiger partial charge in [0.25, 0.3) is 5.91 Å². The van der Waals surface area contributed by atoms with Crippen molar-refractivity contribution in [3.8, 4) is 0 Å². The van der Waals surface area contributed by atoms with Gasteiger partial charge in [-0.25, -0.2) is 10.4 Å². The van der Waals surface area contributed by atoms with Crippen molar-refractivity contribution in [2.24, 2.45) is 5.10 Å². The van der Waals surface area contributed by atoms with Crippen LogP contribution >= 0.6 is 11.6 Å². The number of carbonyl (C=O) groups is 1. The topological polar surface area (TPSA) is 72.2 Å². The number of benzene rings is 2. The van der Waals surface area contributed by atoms with E-state index in [1.165, 1.54) is 0 Å². The molecule has 4 aromatic rings. The fourth-order valence-electron chi connectivity index (χ4n) is 2.85. The molecule has 1 N–H and O–H groups in total. The first-order valence-corrected chi connectivity index (χ1v) is 9.01. The number of hydrogen-bond acceptors (Lipinski definition) is 4. The average molecular weight is 390 g/mol. The molecule has 0 fully saturated rings. The molecule has 0 radical (unpaired) electrons. The summed E-state index contributed by atoms with van der Waals surface area (Å²) in [5.74, 6) is 0.338. The fourth-order valence-corrected chi connectivity index (χ4v) is 2.97. The van der Waals surface area contributed by atoms with Crippen molar-refractivity contribution >= 4 is 34.8 Å². The molecule has 7 heteroatoms. The molecule has 0 atom stereocenters. The van der Waals surface area contributed by atoms with Gasteiger partial charge in [0.05, 0.1) is 17.2 Å². The van der Waals surface area contributed by atoms with Gasteiger partial charge in [-0.3, -0.25) is 9.78 Å². The predicted molar refractivity (Wildman–Crippen MR) is 110 cm³/mol. The SMILES string of the molecule is O=C(N/N=C\c1nc2ccccc2n1Cc1ccc(Cl)cc1)c1ccncc1. The van der Waals surface area contributed by atoms with Crippen molar-refractivity contribution in [1.29, 1.82) is 0 Å². The van der Waals surface area contributed by atoms with Gasteiger partial charge in [0.2, 0.25) is 0 Å². The highest BCUT2D eigenvalue weighted by atomic mass is 35.5. The predicted octanol–water partition coefficient (Wildman–Crippen LogP) is 3.90. The van der Waals surface area contributed by atoms with Crippen LogP contribution in [0.25, 0.3) is 11.0 Å². The smallest absolute Gasteiger partial charge is 0.271 e. The monoisotopic (exact) mass is 389 g/mol. The molecule has 0 saturated carbocycles. The second-order valence-corrected chi connectivity index (χ2v) is 6.54. The summed E-state index contributed by atoms with van der Waals surface area (Å²) < 4.78 is 2.04. The van der Waals surface area contributed by atoms with Gasteiger partial charge in [-0.1, -0.05) is 35.9 Å². The van der Waals surface area contributed by atoms with Gasteiger partial charge in [0.15, 0.2) is 5.82 Å². The van der Waals surface area contributed by atoms with Gasteiger partial charge < -0.3 is 4.57 Å². The normalized spacial score (nSPS) is 11.2. The van der Waals surface area contributed by atoms with E-state index in [-0.39, 0.29) is 5.91 Å². The van der Waals surface area contributed by atoms with Crippen molar-refractivity contribution in [1.82, 2.24) is 20.0 Å². The Bertz CT molecular complexity index is 1140. The van der Waals surface area contributed by atoms with Crippen LogP contribution in [-0.4, -0.2) is 26.7 Å². The van der Waals surface area contributed by atoms with Gasteiger partial charge in [-0.2, -0.15) is 5.10 Å². The largest absolute Gasteiger partial charge is 0.319 e. The third-order valence-electron chi connectivity index (χ3n) is 4.23. The van der Waals surface area contributed by atoms with Crippen molar-refractivity contribution in [2.45, 2.75) is 6.54 Å². The van der Waals surface area contributed by atoms with Gasteiger partial charge in [-0.05, 0) is 42.0 Å². The van der Waals surface area contributed by atoms with Crippen LogP contribution in [0.2, 0.25) is 5.02 Å². The number of pyridine rings is 1. The van der Waals surface area contributed by atoms with Crippen molar-refractivity contribution in [3.63, 3.8) is 0 Å². The van der Waals surface area contributed by atoms with Crippen LogP contribution in [0.5, 0.6) is 0 Å². The summed E-state index contributed by atoms with van der Waals surface area (Å²) in [5.41, 5.74) is 5.94. The number of hydrazone groups is 1. The molecule has 0 aliphatic rings. The number of amides is 1. The molecular weight excluding hydrogens is 374 g/mol. The van der Waals surface area contributed by atoms with E-state index in [0.29, 0.717) is 23.0 Å². The third kappa shape index (κ3) is 3.92. The number of imidazole rings is 1. The molecule has 0 aliphatic heterocycles. The Labute approximate surface area is 166 Å². The van der Waals surface area contributed by atoms with E-state index >= 15 is 0 Å². The number of hydrogen-bond donors (Lipinski definition) is 1. The Kier molecular flexibility index (Phi) is 5.12. The highest BCUT2D eigenvalue weighted by Gasteiger charge is 2.10. The lowest BCUT2D eigenvalue weighted by molar-refractivity contribution is 0.0955. The highest BCUT2D eigenvalue weighted by molar-refractivity contribution is 6.30. The Morgan fingerprint density at radius 1 is 1.07 bits per heavy atom. The zero-order valence-corrected chi connectivity index (χ0v) is 15.5. The quantitative estimate of drug-likeness (QED) is 0.415. The van der Waals surface area contributed by atoms with Gasteiger partial charge >= 0.3 is 0 Å². The van der Waals surface area contributed by atoms with E-state index in [4.69, 9.17) is 11.6 Å². The molecule has 2 heterocycles. The van der Waals surface area contributed by atoms with Crippen LogP contribution in [-0.2, 0) is 6.54 Å². The van der Waals surface area contributed by atoms with Crippen LogP contribution in [0.3, 0.4) is 0 Å². The molecule has 0 spiro atoms. The van der Waals surface area contributed by atoms with Crippen LogP contribution < -0.4 is 5.43 Å². The minimum absolute atomic E-state index is 0.306. The highest BCUT2D eigenvalue weighted by Crippen LogP contribution is 2.18. The number of halogens is 1. The van der Waals surface area contributed by atoms with E-state index in [1.807, 2.05) is 53.1 Å². The summed E-state index contributed by atoms with van der Waals surface area (Å²) in [5, 5.41) is 4.77. The van der Waals surface area contributed by atoms with Crippen molar-refractivity contribution < 1.29 is 4.79 Å². The maximum atomic E-state index is 12.1. The number of carbonyl (C=O) groups excluding carboxylic acids is 1. The van der Waals surface area contributed by atoms with Crippen LogP contribution in [0.4, 0.5) is 0 Å². The van der Waals surface area contributed by atoms with E-state index in [0.717, 1.165) is 16.6 Å². The second-order valence-electron chi connectivity index (χ2n) is 6.11. The molecule has 4 rings (SSSR count). The maximum Gasteiger partial charge on any atom is 0.271 e. The van der Waals surface area contributed by atoms with E-state index in [1.54, 1.807) is 30.7 Å². The van der Waals surface area contributed by atoms with E-state index < -0.39 is 0 Å². The summed E-state index contributed by atoms with van der Waals surface area (Å²) in [7, 11) is 0. The molecule has 0 bridgehead atoms. The molecule has 2 aromatic carbocycles. The molecule has 0 unspecified atom stereocenters. The first-order valence-electron chi connectivity index (χ1n) is 8.64. The van der Waals surface area contributed by atoms with Crippen molar-refractivity contribution in [2.75, 3.05) is 0 Å². The number of para-hydroxylation sites is 2. The number of fused-ring (bicyclic) bond motifs is 1. The van der Waals surface area contributed by atoms with Crippen molar-refractivity contribution in [3.05, 3.63) is 95.0 Å². The first-order chi connectivity index (χ1) is 13.7. The molecule has 0 saturated heterocycles. The molecule has 0 aliphatic carbocycles. The third-order valence-corrected chi connectivity index (χ3v) is 4.48. The zero-order chi connectivity index (χ0) is 19.3. The summed E-state index contributed by atoms with van der Waals surface area (Å²) in [6, 6.07) is 18.8. The molecule has 1 amide bonds.